The van der Waals surface area contributed by atoms with Gasteiger partial charge < -0.3 is 4.72 Å². The van der Waals surface area contributed by atoms with E-state index in [1.165, 1.54) is 107 Å². The third-order valence-electron chi connectivity index (χ3n) is 9.69. The van der Waals surface area contributed by atoms with Gasteiger partial charge in [-0.05, 0) is 127 Å². The third-order valence-corrected chi connectivity index (χ3v) is 12.7. The van der Waals surface area contributed by atoms with E-state index in [0.29, 0.717) is 0 Å². The van der Waals surface area contributed by atoms with Crippen molar-refractivity contribution in [1.82, 2.24) is 0 Å². The minimum absolute atomic E-state index is 0.986. The van der Waals surface area contributed by atoms with Crippen LogP contribution in [-0.4, -0.2) is 0 Å². The molecule has 0 fully saturated rings. The maximum Gasteiger partial charge on any atom is 0.0438 e. The zero-order valence-corrected chi connectivity index (χ0v) is 28.8. The fourth-order valence-corrected chi connectivity index (χ4v) is 10.2. The van der Waals surface area contributed by atoms with Gasteiger partial charge in [-0.2, -0.15) is 0 Å². The van der Waals surface area contributed by atoms with Crippen molar-refractivity contribution in [1.29, 1.82) is 0 Å². The lowest BCUT2D eigenvalue weighted by molar-refractivity contribution is 1.46. The van der Waals surface area contributed by atoms with E-state index in [4.69, 9.17) is 5.14 Å². The second-order valence-electron chi connectivity index (χ2n) is 12.3. The molecule has 0 aliphatic heterocycles. The van der Waals surface area contributed by atoms with Crippen molar-refractivity contribution in [3.8, 4) is 22.3 Å². The minimum Gasteiger partial charge on any atom is -0.332 e. The largest absolute Gasteiger partial charge is 0.332 e. The molecule has 2 nitrogen and oxygen atoms in total. The summed E-state index contributed by atoms with van der Waals surface area (Å²) in [5.41, 5.74) is 5.90. The highest BCUT2D eigenvalue weighted by atomic mass is 32.2. The fraction of sp³-hybridized carbons (Fsp3) is 0. The monoisotopic (exact) mass is 686 g/mol. The van der Waals surface area contributed by atoms with Gasteiger partial charge in [0.15, 0.2) is 0 Å². The van der Waals surface area contributed by atoms with Crippen molar-refractivity contribution in [2.24, 2.45) is 5.14 Å². The first kappa shape index (κ1) is 28.5. The van der Waals surface area contributed by atoms with Crippen LogP contribution in [0.3, 0.4) is 0 Å². The number of benzene rings is 8. The van der Waals surface area contributed by atoms with E-state index in [1.54, 1.807) is 0 Å². The molecule has 228 valence electrons. The lowest BCUT2D eigenvalue weighted by atomic mass is 9.94. The highest BCUT2D eigenvalue weighted by molar-refractivity contribution is 7.97. The summed E-state index contributed by atoms with van der Waals surface area (Å²) in [4.78, 5) is 1.07. The SMILES string of the molecule is NSc1ccc(-c2ccc3sc4cc5cc6c(cc5cc4c4cccc2c34)sc2ccc(-c3ccc(NS)cc3)c3cccc6c23)cc1. The first-order chi connectivity index (χ1) is 23.7. The van der Waals surface area contributed by atoms with Crippen molar-refractivity contribution in [3.63, 3.8) is 0 Å². The predicted octanol–water partition coefficient (Wildman–Crippen LogP) is 13.4. The molecule has 6 heteroatoms. The minimum atomic E-state index is 0.986. The number of nitrogens with two attached hydrogens (primary N) is 1. The Balaban J connectivity index is 1.19. The van der Waals surface area contributed by atoms with Crippen LogP contribution in [0.2, 0.25) is 0 Å². The van der Waals surface area contributed by atoms with E-state index in [2.05, 4.69) is 151 Å². The van der Waals surface area contributed by atoms with Gasteiger partial charge >= 0.3 is 0 Å². The molecule has 0 radical (unpaired) electrons. The van der Waals surface area contributed by atoms with Crippen LogP contribution >= 0.6 is 47.4 Å². The third kappa shape index (κ3) is 4.31. The van der Waals surface area contributed by atoms with Crippen LogP contribution in [-0.2, 0) is 0 Å². The second kappa shape index (κ2) is 11.0. The van der Waals surface area contributed by atoms with Crippen molar-refractivity contribution in [2.45, 2.75) is 4.90 Å². The van der Waals surface area contributed by atoms with Crippen LogP contribution in [0.25, 0.3) is 94.9 Å². The van der Waals surface area contributed by atoms with Crippen molar-refractivity contribution in [2.75, 3.05) is 4.72 Å². The standard InChI is InChI=1S/C42H26N2S4/c43-48-28-13-9-24(10-14-28)30-16-18-38-42-32(30)4-2-6-34(42)36-20-26-21-39-35(19-25(26)22-40(36)47-38)33-5-1-3-31-29(15-17-37(46-39)41(31)33)23-7-11-27(44-45)12-8-23/h1-22,44-45H,43H2. The summed E-state index contributed by atoms with van der Waals surface area (Å²) in [6.45, 7) is 0. The Morgan fingerprint density at radius 2 is 0.958 bits per heavy atom. The molecule has 0 bridgehead atoms. The maximum absolute atomic E-state index is 5.80. The summed E-state index contributed by atoms with van der Waals surface area (Å²) in [7, 11) is 0. The summed E-state index contributed by atoms with van der Waals surface area (Å²) in [6.07, 6.45) is 0. The first-order valence-corrected chi connectivity index (χ1v) is 18.7. The smallest absolute Gasteiger partial charge is 0.0438 e. The molecule has 10 aromatic rings. The van der Waals surface area contributed by atoms with Crippen molar-refractivity contribution < 1.29 is 0 Å². The Bertz CT molecular complexity index is 2700. The summed E-state index contributed by atoms with van der Waals surface area (Å²) >= 11 is 9.26. The van der Waals surface area contributed by atoms with Crippen molar-refractivity contribution in [3.05, 3.63) is 133 Å². The highest BCUT2D eigenvalue weighted by Gasteiger charge is 2.16. The number of anilines is 1. The number of rotatable bonds is 4. The Hall–Kier alpha value is -4.56. The maximum atomic E-state index is 5.80. The number of nitrogens with one attached hydrogen (secondary N) is 1. The molecule has 0 aliphatic rings. The topological polar surface area (TPSA) is 38.0 Å². The Morgan fingerprint density at radius 3 is 1.44 bits per heavy atom. The quantitative estimate of drug-likeness (QED) is 0.0747. The molecule has 0 spiro atoms. The van der Waals surface area contributed by atoms with Gasteiger partial charge in [-0.25, -0.2) is 0 Å². The van der Waals surface area contributed by atoms with Gasteiger partial charge in [0.05, 0.1) is 0 Å². The van der Waals surface area contributed by atoms with Gasteiger partial charge in [-0.1, -0.05) is 85.6 Å². The molecule has 0 unspecified atom stereocenters. The summed E-state index contributed by atoms with van der Waals surface area (Å²) in [5, 5.41) is 18.8. The molecule has 0 amide bonds. The summed E-state index contributed by atoms with van der Waals surface area (Å²) in [6, 6.07) is 49.3. The molecule has 3 N–H and O–H groups in total. The molecule has 0 saturated heterocycles. The van der Waals surface area contributed by atoms with Crippen LogP contribution in [0.5, 0.6) is 0 Å². The van der Waals surface area contributed by atoms with Crippen LogP contribution < -0.4 is 9.86 Å². The highest BCUT2D eigenvalue weighted by Crippen LogP contribution is 2.45. The van der Waals surface area contributed by atoms with Crippen LogP contribution in [0.1, 0.15) is 0 Å². The number of thiol groups is 1. The first-order valence-electron chi connectivity index (χ1n) is 15.7. The van der Waals surface area contributed by atoms with Gasteiger partial charge in [-0.3, -0.25) is 5.14 Å². The molecule has 48 heavy (non-hydrogen) atoms. The van der Waals surface area contributed by atoms with Gasteiger partial charge in [-0.15, -0.1) is 22.7 Å². The zero-order valence-electron chi connectivity index (χ0n) is 25.5. The lowest BCUT2D eigenvalue weighted by Crippen LogP contribution is -1.87. The molecular formula is C42H26N2S4. The normalized spacial score (nSPS) is 12.0. The second-order valence-corrected chi connectivity index (χ2v) is 15.4. The molecule has 2 heterocycles. The van der Waals surface area contributed by atoms with Gasteiger partial charge in [0, 0.05) is 50.9 Å². The van der Waals surface area contributed by atoms with E-state index < -0.39 is 0 Å². The number of hydrogen-bond acceptors (Lipinski definition) is 6. The van der Waals surface area contributed by atoms with Crippen LogP contribution in [0, 0.1) is 0 Å². The lowest BCUT2D eigenvalue weighted by Gasteiger charge is -2.15. The Kier molecular flexibility index (Phi) is 6.51. The van der Waals surface area contributed by atoms with E-state index in [-0.39, 0.29) is 0 Å². The molecule has 0 saturated carbocycles. The molecule has 8 aromatic carbocycles. The van der Waals surface area contributed by atoms with Crippen molar-refractivity contribution >= 4 is 126 Å². The van der Waals surface area contributed by atoms with Gasteiger partial charge in [0.1, 0.15) is 0 Å². The van der Waals surface area contributed by atoms with E-state index in [1.807, 2.05) is 22.7 Å². The molecule has 2 aromatic heterocycles. The molecule has 10 rings (SSSR count). The van der Waals surface area contributed by atoms with E-state index in [9.17, 15) is 0 Å². The molecule has 0 aliphatic carbocycles. The average molecular weight is 687 g/mol. The van der Waals surface area contributed by atoms with Crippen LogP contribution in [0.15, 0.2) is 138 Å². The summed E-state index contributed by atoms with van der Waals surface area (Å²) in [5.74, 6) is 0. The fourth-order valence-electron chi connectivity index (χ4n) is 7.44. The molecule has 0 atom stereocenters. The zero-order chi connectivity index (χ0) is 31.9. The van der Waals surface area contributed by atoms with E-state index >= 15 is 0 Å². The number of hydrogen-bond donors (Lipinski definition) is 3. The van der Waals surface area contributed by atoms with Gasteiger partial charge in [0.2, 0.25) is 0 Å². The van der Waals surface area contributed by atoms with Gasteiger partial charge in [0.25, 0.3) is 0 Å². The average Bonchev–Trinajstić information content (AvgIpc) is 3.14. The van der Waals surface area contributed by atoms with E-state index in [0.717, 1.165) is 10.6 Å². The molecular weight excluding hydrogens is 661 g/mol. The number of fused-ring (bicyclic) bond motifs is 5. The predicted molar refractivity (Wildman–Crippen MR) is 218 cm³/mol. The Labute approximate surface area is 294 Å². The van der Waals surface area contributed by atoms with Crippen LogP contribution in [0.4, 0.5) is 5.69 Å². The Morgan fingerprint density at radius 1 is 0.479 bits per heavy atom. The summed E-state index contributed by atoms with van der Waals surface area (Å²) < 4.78 is 8.16.